The van der Waals surface area contributed by atoms with Gasteiger partial charge in [0.1, 0.15) is 0 Å². The number of pyridine rings is 1. The number of sulfonamides is 1. The van der Waals surface area contributed by atoms with E-state index in [-0.39, 0.29) is 17.0 Å². The van der Waals surface area contributed by atoms with Crippen LogP contribution in [0.5, 0.6) is 0 Å². The summed E-state index contributed by atoms with van der Waals surface area (Å²) in [6.45, 7) is 0.184. The zero-order valence-corrected chi connectivity index (χ0v) is 19.9. The van der Waals surface area contributed by atoms with Crippen molar-refractivity contribution >= 4 is 33.2 Å². The molecule has 1 amide bonds. The molecule has 0 saturated carbocycles. The predicted molar refractivity (Wildman–Crippen MR) is 133 cm³/mol. The topological polar surface area (TPSA) is 114 Å². The maximum atomic E-state index is 13.7. The first-order valence-corrected chi connectivity index (χ1v) is 12.6. The van der Waals surface area contributed by atoms with Gasteiger partial charge in [0, 0.05) is 18.0 Å². The number of fused-ring (bicyclic) bond motifs is 1. The van der Waals surface area contributed by atoms with E-state index in [9.17, 15) is 18.3 Å². The van der Waals surface area contributed by atoms with Crippen molar-refractivity contribution in [3.63, 3.8) is 0 Å². The van der Waals surface area contributed by atoms with Crippen LogP contribution in [0, 0.1) is 0 Å². The van der Waals surface area contributed by atoms with E-state index in [0.29, 0.717) is 16.3 Å². The van der Waals surface area contributed by atoms with E-state index in [4.69, 9.17) is 16.7 Å². The Hall–Kier alpha value is -3.56. The second-order valence-electron chi connectivity index (χ2n) is 8.24. The number of benzene rings is 3. The lowest BCUT2D eigenvalue weighted by molar-refractivity contribution is -0.132. The van der Waals surface area contributed by atoms with E-state index < -0.39 is 21.5 Å². The van der Waals surface area contributed by atoms with Crippen LogP contribution < -0.4 is 10.0 Å². The Labute approximate surface area is 207 Å². The van der Waals surface area contributed by atoms with E-state index in [0.717, 1.165) is 16.7 Å². The number of rotatable bonds is 5. The molecule has 1 aliphatic rings. The Morgan fingerprint density at radius 2 is 1.54 bits per heavy atom. The molecule has 7 nitrogen and oxygen atoms in total. The molecule has 0 aliphatic carbocycles. The van der Waals surface area contributed by atoms with Crippen LogP contribution in [0.1, 0.15) is 16.7 Å². The minimum atomic E-state index is -3.92. The van der Waals surface area contributed by atoms with Crippen LogP contribution >= 0.6 is 11.6 Å². The minimum Gasteiger partial charge on any atom is -0.372 e. The van der Waals surface area contributed by atoms with Crippen LogP contribution in [-0.2, 0) is 27.0 Å². The fourth-order valence-electron chi connectivity index (χ4n) is 4.34. The summed E-state index contributed by atoms with van der Waals surface area (Å²) in [5.41, 5.74) is 1.80. The first-order chi connectivity index (χ1) is 16.7. The average molecular weight is 506 g/mol. The number of hydrogen-bond donors (Lipinski definition) is 2. The summed E-state index contributed by atoms with van der Waals surface area (Å²) in [6, 6.07) is 21.8. The van der Waals surface area contributed by atoms with Crippen LogP contribution in [-0.4, -0.2) is 24.4 Å². The molecular formula is C26H20ClN3O4S. The molecule has 0 radical (unpaired) electrons. The van der Waals surface area contributed by atoms with Gasteiger partial charge in [-0.1, -0.05) is 60.1 Å². The molecule has 3 aromatic carbocycles. The summed E-state index contributed by atoms with van der Waals surface area (Å²) in [4.78, 5) is 19.0. The highest BCUT2D eigenvalue weighted by Gasteiger charge is 2.51. The molecular weight excluding hydrogens is 486 g/mol. The average Bonchev–Trinajstić information content (AvgIpc) is 3.08. The van der Waals surface area contributed by atoms with Crippen LogP contribution in [0.2, 0.25) is 5.02 Å². The van der Waals surface area contributed by atoms with E-state index >= 15 is 0 Å². The third-order valence-electron chi connectivity index (χ3n) is 6.11. The number of hydrogen-bond acceptors (Lipinski definition) is 5. The summed E-state index contributed by atoms with van der Waals surface area (Å²) in [5.74, 6) is -0.581. The van der Waals surface area contributed by atoms with Gasteiger partial charge in [0.15, 0.2) is 5.60 Å². The molecule has 0 saturated heterocycles. The molecule has 176 valence electrons. The van der Waals surface area contributed by atoms with Gasteiger partial charge in [-0.3, -0.25) is 9.78 Å². The fraction of sp³-hybridized carbons (Fsp3) is 0.0769. The Bertz CT molecular complexity index is 1530. The van der Waals surface area contributed by atoms with Gasteiger partial charge in [-0.15, -0.1) is 0 Å². The van der Waals surface area contributed by atoms with Crippen LogP contribution in [0.25, 0.3) is 11.1 Å². The molecule has 1 aromatic heterocycles. The van der Waals surface area contributed by atoms with Crippen molar-refractivity contribution in [3.05, 3.63) is 113 Å². The molecule has 0 bridgehead atoms. The minimum absolute atomic E-state index is 0.118. The maximum Gasteiger partial charge on any atom is 0.268 e. The highest BCUT2D eigenvalue weighted by atomic mass is 35.5. The van der Waals surface area contributed by atoms with Gasteiger partial charge < -0.3 is 10.0 Å². The molecule has 1 aliphatic heterocycles. The van der Waals surface area contributed by atoms with Gasteiger partial charge in [0.05, 0.1) is 22.2 Å². The zero-order chi connectivity index (χ0) is 24.8. The molecule has 0 fully saturated rings. The van der Waals surface area contributed by atoms with Crippen LogP contribution in [0.3, 0.4) is 0 Å². The van der Waals surface area contributed by atoms with Gasteiger partial charge in [-0.25, -0.2) is 13.6 Å². The number of carbonyl (C=O) groups is 1. The van der Waals surface area contributed by atoms with Gasteiger partial charge in [-0.05, 0) is 52.6 Å². The predicted octanol–water partition coefficient (Wildman–Crippen LogP) is 3.83. The summed E-state index contributed by atoms with van der Waals surface area (Å²) in [5, 5.41) is 17.2. The summed E-state index contributed by atoms with van der Waals surface area (Å²) in [6.07, 6.45) is 3.45. The second-order valence-corrected chi connectivity index (χ2v) is 10.2. The quantitative estimate of drug-likeness (QED) is 0.428. The van der Waals surface area contributed by atoms with Gasteiger partial charge >= 0.3 is 0 Å². The van der Waals surface area contributed by atoms with Crippen molar-refractivity contribution in [1.82, 2.24) is 4.98 Å². The number of aliphatic hydroxyl groups is 1. The smallest absolute Gasteiger partial charge is 0.268 e. The van der Waals surface area contributed by atoms with Crippen molar-refractivity contribution in [2.24, 2.45) is 5.14 Å². The molecule has 3 N–H and O–H groups in total. The lowest BCUT2D eigenvalue weighted by Crippen LogP contribution is -2.41. The lowest BCUT2D eigenvalue weighted by Gasteiger charge is -2.24. The van der Waals surface area contributed by atoms with Crippen LogP contribution in [0.4, 0.5) is 5.69 Å². The van der Waals surface area contributed by atoms with Gasteiger partial charge in [-0.2, -0.15) is 0 Å². The number of aromatic nitrogens is 1. The number of halogens is 1. The van der Waals surface area contributed by atoms with Crippen molar-refractivity contribution in [2.75, 3.05) is 4.90 Å². The van der Waals surface area contributed by atoms with Crippen molar-refractivity contribution in [1.29, 1.82) is 0 Å². The Balaban J connectivity index is 1.52. The summed E-state index contributed by atoms with van der Waals surface area (Å²) in [7, 11) is -3.92. The molecule has 9 heteroatoms. The SMILES string of the molecule is NS(=O)(=O)c1ccc(C2(O)C(=O)N(Cc3ccc(-c4ccncc4)cc3)c3c(Cl)cccc32)cc1. The number of anilines is 1. The lowest BCUT2D eigenvalue weighted by atomic mass is 9.87. The molecule has 2 heterocycles. The number of primary sulfonamides is 1. The molecule has 1 unspecified atom stereocenters. The van der Waals surface area contributed by atoms with Gasteiger partial charge in [0.25, 0.3) is 5.91 Å². The van der Waals surface area contributed by atoms with E-state index in [1.165, 1.54) is 29.2 Å². The largest absolute Gasteiger partial charge is 0.372 e. The van der Waals surface area contributed by atoms with Crippen LogP contribution in [0.15, 0.2) is 96.2 Å². The number of carbonyl (C=O) groups excluding carboxylic acids is 1. The standard InChI is InChI=1S/C26H20ClN3O4S/c27-23-3-1-2-22-24(23)30(16-17-4-6-18(7-5-17)19-12-14-29-15-13-19)25(31)26(22,32)20-8-10-21(11-9-20)35(28,33)34/h1-15,32H,16H2,(H2,28,33,34). The van der Waals surface area contributed by atoms with Crippen molar-refractivity contribution in [2.45, 2.75) is 17.0 Å². The summed E-state index contributed by atoms with van der Waals surface area (Å²) < 4.78 is 23.3. The Morgan fingerprint density at radius 3 is 2.17 bits per heavy atom. The number of para-hydroxylation sites is 1. The Kier molecular flexibility index (Phi) is 5.69. The molecule has 1 atom stereocenters. The molecule has 35 heavy (non-hydrogen) atoms. The molecule has 0 spiro atoms. The first-order valence-electron chi connectivity index (χ1n) is 10.7. The third-order valence-corrected chi connectivity index (χ3v) is 7.34. The highest BCUT2D eigenvalue weighted by Crippen LogP contribution is 2.48. The fourth-order valence-corrected chi connectivity index (χ4v) is 5.13. The summed E-state index contributed by atoms with van der Waals surface area (Å²) >= 11 is 6.49. The van der Waals surface area contributed by atoms with Crippen molar-refractivity contribution < 1.29 is 18.3 Å². The highest BCUT2D eigenvalue weighted by molar-refractivity contribution is 7.89. The monoisotopic (exact) mass is 505 g/mol. The number of amides is 1. The van der Waals surface area contributed by atoms with Gasteiger partial charge in [0.2, 0.25) is 10.0 Å². The normalized spacial score (nSPS) is 17.5. The molecule has 4 aromatic rings. The first kappa shape index (κ1) is 23.2. The Morgan fingerprint density at radius 1 is 0.914 bits per heavy atom. The van der Waals surface area contributed by atoms with E-state index in [2.05, 4.69) is 4.98 Å². The number of nitrogens with zero attached hydrogens (tertiary/aromatic N) is 2. The van der Waals surface area contributed by atoms with Crippen molar-refractivity contribution in [3.8, 4) is 11.1 Å². The van der Waals surface area contributed by atoms with E-state index in [1.54, 1.807) is 30.6 Å². The zero-order valence-electron chi connectivity index (χ0n) is 18.3. The second kappa shape index (κ2) is 8.58. The maximum absolute atomic E-state index is 13.7. The van der Waals surface area contributed by atoms with E-state index in [1.807, 2.05) is 36.4 Å². The number of nitrogens with two attached hydrogens (primary N) is 1. The molecule has 5 rings (SSSR count). The third kappa shape index (κ3) is 4.00.